The SMILES string of the molecule is CCOC[C@H]1O[C@@H](c2ccc(Cl)c(Cc3ncc(-c4ccco4)s3)c2)[C@H](O)[C@@H](O)[C@@H]1O. The third-order valence-corrected chi connectivity index (χ3v) is 6.64. The van der Waals surface area contributed by atoms with E-state index in [4.69, 9.17) is 25.5 Å². The van der Waals surface area contributed by atoms with E-state index >= 15 is 0 Å². The van der Waals surface area contributed by atoms with Gasteiger partial charge in [-0.25, -0.2) is 4.98 Å². The van der Waals surface area contributed by atoms with Crippen molar-refractivity contribution >= 4 is 22.9 Å². The molecule has 1 aromatic carbocycles. The number of aliphatic hydroxyl groups is 3. The Morgan fingerprint density at radius 3 is 2.74 bits per heavy atom. The fourth-order valence-corrected chi connectivity index (χ4v) is 4.69. The van der Waals surface area contributed by atoms with Crippen LogP contribution in [0.3, 0.4) is 0 Å². The molecule has 0 aliphatic carbocycles. The van der Waals surface area contributed by atoms with Crippen molar-refractivity contribution in [3.63, 3.8) is 0 Å². The van der Waals surface area contributed by atoms with E-state index in [1.165, 1.54) is 11.3 Å². The van der Waals surface area contributed by atoms with Crippen molar-refractivity contribution in [2.24, 2.45) is 0 Å². The van der Waals surface area contributed by atoms with E-state index < -0.39 is 30.5 Å². The molecule has 0 unspecified atom stereocenters. The van der Waals surface area contributed by atoms with Crippen LogP contribution >= 0.6 is 22.9 Å². The number of rotatable bonds is 7. The number of thiazole rings is 1. The van der Waals surface area contributed by atoms with Crippen LogP contribution in [0.25, 0.3) is 10.6 Å². The van der Waals surface area contributed by atoms with E-state index in [1.807, 2.05) is 25.1 Å². The molecule has 0 spiro atoms. The smallest absolute Gasteiger partial charge is 0.145 e. The third kappa shape index (κ3) is 4.85. The molecule has 3 heterocycles. The first-order valence-corrected chi connectivity index (χ1v) is 11.2. The van der Waals surface area contributed by atoms with E-state index in [2.05, 4.69) is 4.98 Å². The Kier molecular flexibility index (Phi) is 7.08. The molecule has 1 aliphatic rings. The molecule has 7 nitrogen and oxygen atoms in total. The quantitative estimate of drug-likeness (QED) is 0.492. The second-order valence-electron chi connectivity index (χ2n) is 7.35. The van der Waals surface area contributed by atoms with E-state index in [0.717, 1.165) is 21.2 Å². The topological polar surface area (TPSA) is 105 Å². The van der Waals surface area contributed by atoms with Crippen LogP contribution in [-0.2, 0) is 15.9 Å². The van der Waals surface area contributed by atoms with Crippen molar-refractivity contribution in [1.82, 2.24) is 4.98 Å². The molecule has 3 aromatic rings. The van der Waals surface area contributed by atoms with Crippen LogP contribution in [0.5, 0.6) is 0 Å². The van der Waals surface area contributed by atoms with E-state index in [0.29, 0.717) is 23.6 Å². The molecule has 4 rings (SSSR count). The average molecular weight is 466 g/mol. The summed E-state index contributed by atoms with van der Waals surface area (Å²) in [5.74, 6) is 0.759. The molecule has 31 heavy (non-hydrogen) atoms. The lowest BCUT2D eigenvalue weighted by molar-refractivity contribution is -0.234. The van der Waals surface area contributed by atoms with Gasteiger partial charge in [0, 0.05) is 24.2 Å². The summed E-state index contributed by atoms with van der Waals surface area (Å²) in [6.45, 7) is 2.40. The highest BCUT2D eigenvalue weighted by atomic mass is 35.5. The first-order chi connectivity index (χ1) is 15.0. The number of nitrogens with zero attached hydrogens (tertiary/aromatic N) is 1. The van der Waals surface area contributed by atoms with Gasteiger partial charge in [-0.2, -0.15) is 0 Å². The Morgan fingerprint density at radius 1 is 1.16 bits per heavy atom. The van der Waals surface area contributed by atoms with Crippen molar-refractivity contribution in [2.75, 3.05) is 13.2 Å². The molecule has 1 fully saturated rings. The summed E-state index contributed by atoms with van der Waals surface area (Å²) in [4.78, 5) is 5.39. The maximum atomic E-state index is 10.5. The van der Waals surface area contributed by atoms with Crippen molar-refractivity contribution in [3.8, 4) is 10.6 Å². The predicted molar refractivity (Wildman–Crippen MR) is 116 cm³/mol. The highest BCUT2D eigenvalue weighted by Crippen LogP contribution is 2.35. The molecule has 1 aliphatic heterocycles. The lowest BCUT2D eigenvalue weighted by atomic mass is 9.90. The van der Waals surface area contributed by atoms with Crippen LogP contribution in [0.2, 0.25) is 5.02 Å². The maximum Gasteiger partial charge on any atom is 0.145 e. The van der Waals surface area contributed by atoms with E-state index in [9.17, 15) is 15.3 Å². The fourth-order valence-electron chi connectivity index (χ4n) is 3.59. The molecule has 3 N–H and O–H groups in total. The summed E-state index contributed by atoms with van der Waals surface area (Å²) in [6.07, 6.45) is -1.57. The zero-order chi connectivity index (χ0) is 22.0. The number of hydrogen-bond acceptors (Lipinski definition) is 8. The normalized spacial score (nSPS) is 26.3. The highest BCUT2D eigenvalue weighted by molar-refractivity contribution is 7.15. The van der Waals surface area contributed by atoms with Gasteiger partial charge in [-0.1, -0.05) is 23.7 Å². The lowest BCUT2D eigenvalue weighted by Gasteiger charge is -2.40. The van der Waals surface area contributed by atoms with Gasteiger partial charge in [-0.3, -0.25) is 0 Å². The summed E-state index contributed by atoms with van der Waals surface area (Å²) >= 11 is 7.94. The molecule has 0 bridgehead atoms. The average Bonchev–Trinajstić information content (AvgIpc) is 3.45. The Morgan fingerprint density at radius 2 is 2.00 bits per heavy atom. The minimum atomic E-state index is -1.35. The van der Waals surface area contributed by atoms with Crippen LogP contribution < -0.4 is 0 Å². The summed E-state index contributed by atoms with van der Waals surface area (Å²) in [6, 6.07) is 9.03. The van der Waals surface area contributed by atoms with Gasteiger partial charge < -0.3 is 29.2 Å². The van der Waals surface area contributed by atoms with E-state index in [1.54, 1.807) is 24.6 Å². The van der Waals surface area contributed by atoms with Gasteiger partial charge in [0.25, 0.3) is 0 Å². The molecule has 2 aromatic heterocycles. The van der Waals surface area contributed by atoms with Gasteiger partial charge in [0.15, 0.2) is 0 Å². The minimum absolute atomic E-state index is 0.118. The standard InChI is InChI=1S/C22H24ClNO6S/c1-2-28-11-16-19(25)20(26)21(27)22(30-16)12-5-6-14(23)13(8-12)9-18-24-10-17(31-18)15-4-3-7-29-15/h3-8,10,16,19-22,25-27H,2,9,11H2,1H3/t16-,19-,20+,21-,22+/m1/s1. The largest absolute Gasteiger partial charge is 0.463 e. The zero-order valence-electron chi connectivity index (χ0n) is 16.8. The number of furan rings is 1. The van der Waals surface area contributed by atoms with Crippen LogP contribution in [0, 0.1) is 0 Å². The highest BCUT2D eigenvalue weighted by Gasteiger charge is 2.44. The van der Waals surface area contributed by atoms with Gasteiger partial charge in [0.05, 0.1) is 22.8 Å². The number of hydrogen-bond donors (Lipinski definition) is 3. The number of aliphatic hydroxyl groups excluding tert-OH is 3. The van der Waals surface area contributed by atoms with Crippen molar-refractivity contribution in [1.29, 1.82) is 0 Å². The minimum Gasteiger partial charge on any atom is -0.463 e. The number of halogens is 1. The molecule has 5 atom stereocenters. The molecule has 0 radical (unpaired) electrons. The van der Waals surface area contributed by atoms with Crippen molar-refractivity contribution < 1.29 is 29.2 Å². The summed E-state index contributed by atoms with van der Waals surface area (Å²) in [7, 11) is 0. The van der Waals surface area contributed by atoms with Crippen molar-refractivity contribution in [3.05, 3.63) is 63.9 Å². The summed E-state index contributed by atoms with van der Waals surface area (Å²) in [5.41, 5.74) is 1.47. The van der Waals surface area contributed by atoms with Gasteiger partial charge in [0.1, 0.15) is 36.3 Å². The zero-order valence-corrected chi connectivity index (χ0v) is 18.4. The first kappa shape index (κ1) is 22.4. The number of ether oxygens (including phenoxy) is 2. The van der Waals surface area contributed by atoms with E-state index in [-0.39, 0.29) is 6.61 Å². The van der Waals surface area contributed by atoms with Gasteiger partial charge >= 0.3 is 0 Å². The summed E-state index contributed by atoms with van der Waals surface area (Å²) < 4.78 is 16.7. The Bertz CT molecular complexity index is 994. The Balaban J connectivity index is 1.55. The van der Waals surface area contributed by atoms with Gasteiger partial charge in [-0.05, 0) is 36.2 Å². The molecule has 0 amide bonds. The number of aromatic nitrogens is 1. The van der Waals surface area contributed by atoms with Gasteiger partial charge in [-0.15, -0.1) is 11.3 Å². The second kappa shape index (κ2) is 9.79. The van der Waals surface area contributed by atoms with Crippen molar-refractivity contribution in [2.45, 2.75) is 43.9 Å². The monoisotopic (exact) mass is 465 g/mol. The molecular weight excluding hydrogens is 442 g/mol. The Labute approximate surface area is 188 Å². The fraction of sp³-hybridized carbons (Fsp3) is 0.409. The lowest BCUT2D eigenvalue weighted by Crippen LogP contribution is -2.55. The third-order valence-electron chi connectivity index (χ3n) is 5.26. The molecular formula is C22H24ClNO6S. The number of benzene rings is 1. The molecule has 166 valence electrons. The molecule has 1 saturated heterocycles. The van der Waals surface area contributed by atoms with Crippen LogP contribution in [0.15, 0.2) is 47.2 Å². The summed E-state index contributed by atoms with van der Waals surface area (Å²) in [5, 5.41) is 32.5. The maximum absolute atomic E-state index is 10.5. The van der Waals surface area contributed by atoms with Gasteiger partial charge in [0.2, 0.25) is 0 Å². The molecule has 9 heteroatoms. The van der Waals surface area contributed by atoms with Crippen LogP contribution in [-0.4, -0.2) is 57.9 Å². The van der Waals surface area contributed by atoms with Crippen LogP contribution in [0.4, 0.5) is 0 Å². The van der Waals surface area contributed by atoms with Crippen LogP contribution in [0.1, 0.15) is 29.2 Å². The second-order valence-corrected chi connectivity index (χ2v) is 8.87. The predicted octanol–water partition coefficient (Wildman–Crippen LogP) is 3.21. The molecule has 0 saturated carbocycles. The first-order valence-electron chi connectivity index (χ1n) is 10.0. The Hall–Kier alpha value is -1.78.